The first-order valence-corrected chi connectivity index (χ1v) is 5.50. The maximum atomic E-state index is 12.9. The second-order valence-corrected chi connectivity index (χ2v) is 4.58. The van der Waals surface area contributed by atoms with Gasteiger partial charge in [0.1, 0.15) is 5.82 Å². The van der Waals surface area contributed by atoms with Crippen LogP contribution in [0.25, 0.3) is 0 Å². The molecule has 0 radical (unpaired) electrons. The van der Waals surface area contributed by atoms with Gasteiger partial charge in [0.05, 0.1) is 12.3 Å². The average molecular weight is 238 g/mol. The van der Waals surface area contributed by atoms with Crippen LogP contribution >= 0.6 is 0 Å². The van der Waals surface area contributed by atoms with Crippen LogP contribution in [0.4, 0.5) is 10.1 Å². The summed E-state index contributed by atoms with van der Waals surface area (Å²) < 4.78 is 12.9. The third-order valence-electron chi connectivity index (χ3n) is 3.17. The zero-order valence-electron chi connectivity index (χ0n) is 9.37. The summed E-state index contributed by atoms with van der Waals surface area (Å²) in [7, 11) is 0. The highest BCUT2D eigenvalue weighted by Crippen LogP contribution is 2.44. The fourth-order valence-corrected chi connectivity index (χ4v) is 1.62. The minimum Gasteiger partial charge on any atom is -0.396 e. The fraction of sp³-hybridized carbons (Fsp3) is 0.417. The van der Waals surface area contributed by atoms with Crippen LogP contribution < -0.4 is 11.1 Å². The van der Waals surface area contributed by atoms with Crippen LogP contribution in [0, 0.1) is 11.2 Å². The number of rotatable bonds is 4. The molecule has 0 unspecified atom stereocenters. The maximum Gasteiger partial charge on any atom is 0.251 e. The lowest BCUT2D eigenvalue weighted by molar-refractivity contribution is 0.0935. The number of carbonyl (C=O) groups is 1. The van der Waals surface area contributed by atoms with Gasteiger partial charge in [0, 0.05) is 17.5 Å². The number of nitrogens with one attached hydrogen (secondary N) is 1. The van der Waals surface area contributed by atoms with Crippen LogP contribution in [0.5, 0.6) is 0 Å². The van der Waals surface area contributed by atoms with Gasteiger partial charge in [0.15, 0.2) is 0 Å². The summed E-state index contributed by atoms with van der Waals surface area (Å²) in [6.45, 7) is 0.526. The third-order valence-corrected chi connectivity index (χ3v) is 3.17. The molecule has 1 aromatic carbocycles. The number of aliphatic hydroxyl groups excluding tert-OH is 1. The summed E-state index contributed by atoms with van der Waals surface area (Å²) in [5, 5.41) is 11.8. The first-order valence-electron chi connectivity index (χ1n) is 5.50. The summed E-state index contributed by atoms with van der Waals surface area (Å²) in [5.41, 5.74) is 5.54. The number of anilines is 1. The summed E-state index contributed by atoms with van der Waals surface area (Å²) >= 11 is 0. The Kier molecular flexibility index (Phi) is 3.02. The van der Waals surface area contributed by atoms with E-state index in [4.69, 9.17) is 10.8 Å². The molecule has 0 heterocycles. The molecule has 17 heavy (non-hydrogen) atoms. The van der Waals surface area contributed by atoms with Gasteiger partial charge < -0.3 is 16.2 Å². The SMILES string of the molecule is Nc1cc(C(=O)NCC2(CO)CC2)ccc1F. The van der Waals surface area contributed by atoms with E-state index in [-0.39, 0.29) is 23.6 Å². The van der Waals surface area contributed by atoms with Crippen molar-refractivity contribution in [2.75, 3.05) is 18.9 Å². The van der Waals surface area contributed by atoms with Crippen molar-refractivity contribution in [3.05, 3.63) is 29.6 Å². The monoisotopic (exact) mass is 238 g/mol. The molecule has 0 spiro atoms. The van der Waals surface area contributed by atoms with E-state index in [0.717, 1.165) is 12.8 Å². The molecule has 1 aliphatic rings. The highest BCUT2D eigenvalue weighted by Gasteiger charge is 2.42. The molecule has 0 aliphatic heterocycles. The number of amides is 1. The highest BCUT2D eigenvalue weighted by molar-refractivity contribution is 5.95. The number of nitrogen functional groups attached to an aromatic ring is 1. The van der Waals surface area contributed by atoms with E-state index >= 15 is 0 Å². The first-order chi connectivity index (χ1) is 8.06. The molecule has 1 saturated carbocycles. The molecular formula is C12H15FN2O2. The van der Waals surface area contributed by atoms with E-state index in [2.05, 4.69) is 5.32 Å². The molecule has 0 aromatic heterocycles. The van der Waals surface area contributed by atoms with Crippen molar-refractivity contribution >= 4 is 11.6 Å². The summed E-state index contributed by atoms with van der Waals surface area (Å²) in [4.78, 5) is 11.7. The lowest BCUT2D eigenvalue weighted by Crippen LogP contribution is -2.31. The summed E-state index contributed by atoms with van der Waals surface area (Å²) in [6.07, 6.45) is 1.85. The Balaban J connectivity index is 1.97. The molecule has 0 atom stereocenters. The van der Waals surface area contributed by atoms with Gasteiger partial charge in [-0.1, -0.05) is 0 Å². The molecule has 92 valence electrons. The number of hydrogen-bond acceptors (Lipinski definition) is 3. The standard InChI is InChI=1S/C12H15FN2O2/c13-9-2-1-8(5-10(9)14)11(17)15-6-12(7-16)3-4-12/h1-2,5,16H,3-4,6-7,14H2,(H,15,17). The number of nitrogens with two attached hydrogens (primary N) is 1. The van der Waals surface area contributed by atoms with Crippen molar-refractivity contribution in [2.24, 2.45) is 5.41 Å². The lowest BCUT2D eigenvalue weighted by Gasteiger charge is -2.12. The molecule has 5 heteroatoms. The fourth-order valence-electron chi connectivity index (χ4n) is 1.62. The van der Waals surface area contributed by atoms with Gasteiger partial charge in [-0.05, 0) is 31.0 Å². The van der Waals surface area contributed by atoms with E-state index in [1.54, 1.807) is 0 Å². The maximum absolute atomic E-state index is 12.9. The summed E-state index contributed by atoms with van der Waals surface area (Å²) in [5.74, 6) is -0.827. The number of aliphatic hydroxyl groups is 1. The van der Waals surface area contributed by atoms with Gasteiger partial charge in [0.25, 0.3) is 5.91 Å². The van der Waals surface area contributed by atoms with Gasteiger partial charge in [-0.3, -0.25) is 4.79 Å². The smallest absolute Gasteiger partial charge is 0.251 e. The number of hydrogen-bond donors (Lipinski definition) is 3. The van der Waals surface area contributed by atoms with Crippen LogP contribution in [0.1, 0.15) is 23.2 Å². The Labute approximate surface area is 98.6 Å². The Bertz CT molecular complexity index is 444. The van der Waals surface area contributed by atoms with Crippen molar-refractivity contribution in [3.63, 3.8) is 0 Å². The Morgan fingerprint density at radius 3 is 2.76 bits per heavy atom. The van der Waals surface area contributed by atoms with E-state index in [1.807, 2.05) is 0 Å². The van der Waals surface area contributed by atoms with Gasteiger partial charge in [-0.25, -0.2) is 4.39 Å². The van der Waals surface area contributed by atoms with Gasteiger partial charge in [-0.2, -0.15) is 0 Å². The topological polar surface area (TPSA) is 75.4 Å². The normalized spacial score (nSPS) is 16.6. The molecule has 4 nitrogen and oxygen atoms in total. The van der Waals surface area contributed by atoms with Crippen LogP contribution in [0.3, 0.4) is 0 Å². The third kappa shape index (κ3) is 2.55. The second kappa shape index (κ2) is 4.33. The average Bonchev–Trinajstić information content (AvgIpc) is 3.10. The predicted molar refractivity (Wildman–Crippen MR) is 61.9 cm³/mol. The van der Waals surface area contributed by atoms with Crippen molar-refractivity contribution < 1.29 is 14.3 Å². The number of benzene rings is 1. The van der Waals surface area contributed by atoms with Crippen molar-refractivity contribution in [1.82, 2.24) is 5.32 Å². The van der Waals surface area contributed by atoms with Crippen LogP contribution in [0.2, 0.25) is 0 Å². The number of halogens is 1. The predicted octanol–water partition coefficient (Wildman–Crippen LogP) is 0.910. The van der Waals surface area contributed by atoms with Crippen LogP contribution in [-0.2, 0) is 0 Å². The second-order valence-electron chi connectivity index (χ2n) is 4.58. The molecule has 1 aliphatic carbocycles. The largest absolute Gasteiger partial charge is 0.396 e. The summed E-state index contributed by atoms with van der Waals surface area (Å²) in [6, 6.07) is 3.87. The van der Waals surface area contributed by atoms with Crippen LogP contribution in [0.15, 0.2) is 18.2 Å². The minimum absolute atomic E-state index is 0.0408. The molecule has 0 bridgehead atoms. The van der Waals surface area contributed by atoms with Gasteiger partial charge in [-0.15, -0.1) is 0 Å². The first kappa shape index (κ1) is 11.9. The van der Waals surface area contributed by atoms with Gasteiger partial charge in [0.2, 0.25) is 0 Å². The molecule has 1 fully saturated rings. The Morgan fingerprint density at radius 2 is 2.24 bits per heavy atom. The van der Waals surface area contributed by atoms with E-state index in [1.165, 1.54) is 18.2 Å². The van der Waals surface area contributed by atoms with Gasteiger partial charge >= 0.3 is 0 Å². The molecular weight excluding hydrogens is 223 g/mol. The van der Waals surface area contributed by atoms with Crippen LogP contribution in [-0.4, -0.2) is 24.2 Å². The highest BCUT2D eigenvalue weighted by atomic mass is 19.1. The van der Waals surface area contributed by atoms with E-state index in [9.17, 15) is 9.18 Å². The Morgan fingerprint density at radius 1 is 1.53 bits per heavy atom. The minimum atomic E-state index is -0.532. The quantitative estimate of drug-likeness (QED) is 0.682. The molecule has 4 N–H and O–H groups in total. The zero-order valence-corrected chi connectivity index (χ0v) is 9.37. The molecule has 0 saturated heterocycles. The van der Waals surface area contributed by atoms with Crippen molar-refractivity contribution in [3.8, 4) is 0 Å². The molecule has 1 amide bonds. The number of carbonyl (C=O) groups excluding carboxylic acids is 1. The lowest BCUT2D eigenvalue weighted by atomic mass is 10.1. The van der Waals surface area contributed by atoms with Crippen molar-refractivity contribution in [2.45, 2.75) is 12.8 Å². The zero-order chi connectivity index (χ0) is 12.5. The van der Waals surface area contributed by atoms with Crippen molar-refractivity contribution in [1.29, 1.82) is 0 Å². The molecule has 2 rings (SSSR count). The van der Waals surface area contributed by atoms with E-state index < -0.39 is 5.82 Å². The van der Waals surface area contributed by atoms with E-state index in [0.29, 0.717) is 12.1 Å². The molecule has 1 aromatic rings. The Hall–Kier alpha value is -1.62.